The molecule has 2 aromatic heterocycles. The molecule has 22 heavy (non-hydrogen) atoms. The molecule has 2 rings (SSSR count). The van der Waals surface area contributed by atoms with Gasteiger partial charge in [-0.15, -0.1) is 0 Å². The second-order valence-electron chi connectivity index (χ2n) is 5.66. The SMILES string of the molecule is CCC(N)(CC)CNC(=O)c1cnc2cc(C)ccn2c1=O. The molecule has 0 saturated carbocycles. The Labute approximate surface area is 129 Å². The number of hydrogen-bond acceptors (Lipinski definition) is 4. The number of fused-ring (bicyclic) bond motifs is 1. The number of rotatable bonds is 5. The lowest BCUT2D eigenvalue weighted by Crippen LogP contribution is -2.49. The summed E-state index contributed by atoms with van der Waals surface area (Å²) in [7, 11) is 0. The zero-order chi connectivity index (χ0) is 16.3. The van der Waals surface area contributed by atoms with E-state index in [0.717, 1.165) is 18.4 Å². The van der Waals surface area contributed by atoms with Gasteiger partial charge in [0, 0.05) is 24.5 Å². The number of carbonyl (C=O) groups excluding carboxylic acids is 1. The van der Waals surface area contributed by atoms with E-state index in [0.29, 0.717) is 12.2 Å². The van der Waals surface area contributed by atoms with Gasteiger partial charge in [-0.25, -0.2) is 4.98 Å². The molecule has 6 nitrogen and oxygen atoms in total. The summed E-state index contributed by atoms with van der Waals surface area (Å²) in [6.07, 6.45) is 4.45. The Morgan fingerprint density at radius 3 is 2.73 bits per heavy atom. The molecule has 0 aliphatic rings. The number of carbonyl (C=O) groups is 1. The molecule has 6 heteroatoms. The predicted octanol–water partition coefficient (Wildman–Crippen LogP) is 1.25. The number of aryl methyl sites for hydroxylation is 1. The van der Waals surface area contributed by atoms with Crippen molar-refractivity contribution in [3.63, 3.8) is 0 Å². The fourth-order valence-corrected chi connectivity index (χ4v) is 2.18. The van der Waals surface area contributed by atoms with E-state index in [4.69, 9.17) is 5.73 Å². The first kappa shape index (κ1) is 16.2. The second kappa shape index (κ2) is 6.27. The Morgan fingerprint density at radius 1 is 1.41 bits per heavy atom. The standard InChI is InChI=1S/C16H22N4O2/c1-4-16(17,5-2)10-19-14(21)12-9-18-13-8-11(3)6-7-20(13)15(12)22/h6-9H,4-5,10,17H2,1-3H3,(H,19,21). The normalized spacial score (nSPS) is 11.6. The van der Waals surface area contributed by atoms with Crippen LogP contribution in [0, 0.1) is 6.92 Å². The topological polar surface area (TPSA) is 89.5 Å². The minimum atomic E-state index is -0.451. The molecule has 2 aromatic rings. The van der Waals surface area contributed by atoms with E-state index < -0.39 is 11.4 Å². The van der Waals surface area contributed by atoms with E-state index >= 15 is 0 Å². The summed E-state index contributed by atoms with van der Waals surface area (Å²) in [4.78, 5) is 28.8. The van der Waals surface area contributed by atoms with Crippen LogP contribution in [0.1, 0.15) is 42.6 Å². The maximum Gasteiger partial charge on any atom is 0.270 e. The van der Waals surface area contributed by atoms with Crippen molar-refractivity contribution < 1.29 is 4.79 Å². The van der Waals surface area contributed by atoms with Gasteiger partial charge < -0.3 is 11.1 Å². The molecule has 1 amide bonds. The van der Waals surface area contributed by atoms with Gasteiger partial charge in [-0.1, -0.05) is 13.8 Å². The van der Waals surface area contributed by atoms with Crippen LogP contribution in [-0.2, 0) is 0 Å². The third-order valence-corrected chi connectivity index (χ3v) is 4.12. The Hall–Kier alpha value is -2.21. The van der Waals surface area contributed by atoms with Crippen molar-refractivity contribution in [1.82, 2.24) is 14.7 Å². The van der Waals surface area contributed by atoms with E-state index in [1.807, 2.05) is 20.8 Å². The summed E-state index contributed by atoms with van der Waals surface area (Å²) in [5.74, 6) is -0.441. The summed E-state index contributed by atoms with van der Waals surface area (Å²) in [5.41, 5.74) is 6.88. The van der Waals surface area contributed by atoms with Gasteiger partial charge in [0.25, 0.3) is 11.5 Å². The Kier molecular flexibility index (Phi) is 4.61. The number of nitrogens with zero attached hydrogens (tertiary/aromatic N) is 2. The fourth-order valence-electron chi connectivity index (χ4n) is 2.18. The van der Waals surface area contributed by atoms with Crippen LogP contribution in [0.3, 0.4) is 0 Å². The first-order chi connectivity index (χ1) is 10.4. The Morgan fingerprint density at radius 2 is 2.09 bits per heavy atom. The maximum absolute atomic E-state index is 12.4. The van der Waals surface area contributed by atoms with Gasteiger partial charge in [0.05, 0.1) is 0 Å². The van der Waals surface area contributed by atoms with Gasteiger partial charge in [0.1, 0.15) is 11.2 Å². The van der Waals surface area contributed by atoms with E-state index in [9.17, 15) is 9.59 Å². The van der Waals surface area contributed by atoms with E-state index in [1.54, 1.807) is 18.3 Å². The summed E-state index contributed by atoms with van der Waals surface area (Å²) >= 11 is 0. The zero-order valence-corrected chi connectivity index (χ0v) is 13.2. The maximum atomic E-state index is 12.4. The van der Waals surface area contributed by atoms with Crippen molar-refractivity contribution >= 4 is 11.6 Å². The molecule has 0 aromatic carbocycles. The molecule has 2 heterocycles. The highest BCUT2D eigenvalue weighted by Crippen LogP contribution is 2.09. The number of hydrogen-bond donors (Lipinski definition) is 2. The molecule has 0 unspecified atom stereocenters. The first-order valence-electron chi connectivity index (χ1n) is 7.45. The molecule has 0 aliphatic heterocycles. The quantitative estimate of drug-likeness (QED) is 0.870. The second-order valence-corrected chi connectivity index (χ2v) is 5.66. The molecule has 3 N–H and O–H groups in total. The molecule has 118 valence electrons. The molecular weight excluding hydrogens is 280 g/mol. The van der Waals surface area contributed by atoms with Crippen LogP contribution in [0.25, 0.3) is 5.65 Å². The van der Waals surface area contributed by atoms with Gasteiger partial charge in [-0.05, 0) is 37.5 Å². The Balaban J connectivity index is 2.27. The average molecular weight is 302 g/mol. The highest BCUT2D eigenvalue weighted by Gasteiger charge is 2.22. The highest BCUT2D eigenvalue weighted by atomic mass is 16.2. The lowest BCUT2D eigenvalue weighted by atomic mass is 9.94. The van der Waals surface area contributed by atoms with Gasteiger partial charge in [0.15, 0.2) is 0 Å². The molecule has 0 bridgehead atoms. The minimum absolute atomic E-state index is 0.0240. The van der Waals surface area contributed by atoms with Crippen LogP contribution in [-0.4, -0.2) is 27.4 Å². The molecule has 0 atom stereocenters. The summed E-state index contributed by atoms with van der Waals surface area (Å²) in [6.45, 7) is 6.20. The van der Waals surface area contributed by atoms with Crippen LogP contribution in [0.4, 0.5) is 0 Å². The van der Waals surface area contributed by atoms with Crippen molar-refractivity contribution in [3.8, 4) is 0 Å². The number of nitrogens with two attached hydrogens (primary N) is 1. The average Bonchev–Trinajstić information content (AvgIpc) is 2.52. The first-order valence-corrected chi connectivity index (χ1v) is 7.45. The number of pyridine rings is 1. The minimum Gasteiger partial charge on any atom is -0.350 e. The van der Waals surface area contributed by atoms with Crippen LogP contribution in [0.5, 0.6) is 0 Å². The third-order valence-electron chi connectivity index (χ3n) is 4.12. The number of nitrogens with one attached hydrogen (secondary N) is 1. The molecule has 0 aliphatic carbocycles. The predicted molar refractivity (Wildman–Crippen MR) is 86.0 cm³/mol. The van der Waals surface area contributed by atoms with Crippen molar-refractivity contribution in [2.24, 2.45) is 5.73 Å². The van der Waals surface area contributed by atoms with Crippen molar-refractivity contribution in [2.45, 2.75) is 39.2 Å². The highest BCUT2D eigenvalue weighted by molar-refractivity contribution is 5.93. The molecule has 0 fully saturated rings. The largest absolute Gasteiger partial charge is 0.350 e. The summed E-state index contributed by atoms with van der Waals surface area (Å²) in [6, 6.07) is 3.60. The third kappa shape index (κ3) is 3.17. The van der Waals surface area contributed by atoms with Gasteiger partial charge in [-0.3, -0.25) is 14.0 Å². The number of aromatic nitrogens is 2. The van der Waals surface area contributed by atoms with Crippen molar-refractivity contribution in [3.05, 3.63) is 46.0 Å². The van der Waals surface area contributed by atoms with Gasteiger partial charge in [-0.2, -0.15) is 0 Å². The summed E-state index contributed by atoms with van der Waals surface area (Å²) in [5, 5.41) is 2.74. The van der Waals surface area contributed by atoms with E-state index in [-0.39, 0.29) is 11.1 Å². The van der Waals surface area contributed by atoms with E-state index in [1.165, 1.54) is 10.6 Å². The van der Waals surface area contributed by atoms with Gasteiger partial charge in [0.2, 0.25) is 0 Å². The van der Waals surface area contributed by atoms with Crippen molar-refractivity contribution in [2.75, 3.05) is 6.54 Å². The van der Waals surface area contributed by atoms with Crippen molar-refractivity contribution in [1.29, 1.82) is 0 Å². The molecular formula is C16H22N4O2. The smallest absolute Gasteiger partial charge is 0.270 e. The van der Waals surface area contributed by atoms with E-state index in [2.05, 4.69) is 10.3 Å². The lowest BCUT2D eigenvalue weighted by Gasteiger charge is -2.26. The zero-order valence-electron chi connectivity index (χ0n) is 13.2. The lowest BCUT2D eigenvalue weighted by molar-refractivity contribution is 0.0940. The molecule has 0 radical (unpaired) electrons. The monoisotopic (exact) mass is 302 g/mol. The van der Waals surface area contributed by atoms with Crippen LogP contribution in [0.15, 0.2) is 29.3 Å². The number of amides is 1. The molecule has 0 saturated heterocycles. The summed E-state index contributed by atoms with van der Waals surface area (Å²) < 4.78 is 1.37. The Bertz CT molecular complexity index is 747. The molecule has 0 spiro atoms. The van der Waals surface area contributed by atoms with Crippen LogP contribution >= 0.6 is 0 Å². The van der Waals surface area contributed by atoms with Crippen LogP contribution in [0.2, 0.25) is 0 Å². The van der Waals surface area contributed by atoms with Gasteiger partial charge >= 0.3 is 0 Å². The van der Waals surface area contributed by atoms with Crippen LogP contribution < -0.4 is 16.6 Å². The fraction of sp³-hybridized carbons (Fsp3) is 0.438.